The van der Waals surface area contributed by atoms with E-state index in [2.05, 4.69) is 15.3 Å². The molecule has 4 heteroatoms. The monoisotopic (exact) mass is 164 g/mol. The lowest BCUT2D eigenvalue weighted by Gasteiger charge is -2.17. The van der Waals surface area contributed by atoms with E-state index in [9.17, 15) is 0 Å². The van der Waals surface area contributed by atoms with Crippen LogP contribution in [-0.4, -0.2) is 16.5 Å². The van der Waals surface area contributed by atoms with E-state index >= 15 is 0 Å². The first-order valence-electron chi connectivity index (χ1n) is 4.10. The van der Waals surface area contributed by atoms with Gasteiger partial charge >= 0.3 is 0 Å². The van der Waals surface area contributed by atoms with Gasteiger partial charge in [0.2, 0.25) is 5.95 Å². The molecular formula is C8H12N4. The minimum atomic E-state index is 0.384. The minimum Gasteiger partial charge on any atom is -0.368 e. The van der Waals surface area contributed by atoms with E-state index < -0.39 is 0 Å². The molecule has 1 aliphatic rings. The zero-order valence-corrected chi connectivity index (χ0v) is 7.09. The Balaban J connectivity index is 2.53. The summed E-state index contributed by atoms with van der Waals surface area (Å²) in [6, 6.07) is 0. The second-order valence-corrected chi connectivity index (χ2v) is 3.02. The topological polar surface area (TPSA) is 63.8 Å². The van der Waals surface area contributed by atoms with Crippen molar-refractivity contribution >= 4 is 5.95 Å². The Morgan fingerprint density at radius 2 is 2.25 bits per heavy atom. The predicted octanol–water partition coefficient (Wildman–Crippen LogP) is 0.0129. The number of hydrogen-bond acceptors (Lipinski definition) is 4. The van der Waals surface area contributed by atoms with Crippen LogP contribution in [0.25, 0.3) is 0 Å². The number of nitrogens with two attached hydrogens (primary N) is 1. The van der Waals surface area contributed by atoms with E-state index in [0.717, 1.165) is 30.9 Å². The quantitative estimate of drug-likeness (QED) is 0.567. The molecule has 0 fully saturated rings. The van der Waals surface area contributed by atoms with Gasteiger partial charge in [-0.1, -0.05) is 0 Å². The van der Waals surface area contributed by atoms with Gasteiger partial charge in [-0.15, -0.1) is 0 Å². The molecule has 0 spiro atoms. The molecule has 1 aromatic rings. The van der Waals surface area contributed by atoms with Crippen molar-refractivity contribution in [2.75, 3.05) is 12.3 Å². The zero-order valence-electron chi connectivity index (χ0n) is 7.09. The molecule has 1 aliphatic heterocycles. The summed E-state index contributed by atoms with van der Waals surface area (Å²) in [7, 11) is 0. The minimum absolute atomic E-state index is 0.384. The third-order valence-corrected chi connectivity index (χ3v) is 2.16. The van der Waals surface area contributed by atoms with E-state index in [1.165, 1.54) is 5.56 Å². The first kappa shape index (κ1) is 7.49. The number of rotatable bonds is 0. The van der Waals surface area contributed by atoms with Crippen LogP contribution in [0.5, 0.6) is 0 Å². The summed E-state index contributed by atoms with van der Waals surface area (Å²) < 4.78 is 0. The van der Waals surface area contributed by atoms with Crippen LogP contribution in [0.2, 0.25) is 0 Å². The highest BCUT2D eigenvalue weighted by atomic mass is 15.0. The standard InChI is InChI=1S/C8H12N4/c1-5-6-2-3-10-4-7(6)12-8(9)11-5/h10H,2-4H2,1H3,(H2,9,11,12). The van der Waals surface area contributed by atoms with Crippen LogP contribution in [0.15, 0.2) is 0 Å². The van der Waals surface area contributed by atoms with Gasteiger partial charge in [-0.25, -0.2) is 9.97 Å². The Labute approximate surface area is 71.2 Å². The maximum absolute atomic E-state index is 5.53. The average Bonchev–Trinajstić information content (AvgIpc) is 2.04. The summed E-state index contributed by atoms with van der Waals surface area (Å²) in [4.78, 5) is 8.30. The van der Waals surface area contributed by atoms with Crippen molar-refractivity contribution in [3.8, 4) is 0 Å². The highest BCUT2D eigenvalue weighted by Crippen LogP contribution is 2.15. The molecule has 2 rings (SSSR count). The second kappa shape index (κ2) is 2.71. The first-order valence-corrected chi connectivity index (χ1v) is 4.10. The number of nitrogen functional groups attached to an aromatic ring is 1. The van der Waals surface area contributed by atoms with Gasteiger partial charge in [0.25, 0.3) is 0 Å². The SMILES string of the molecule is Cc1nc(N)nc2c1CCNC2. The smallest absolute Gasteiger partial charge is 0.220 e. The number of hydrogen-bond donors (Lipinski definition) is 2. The van der Waals surface area contributed by atoms with E-state index in [1.807, 2.05) is 6.92 Å². The third-order valence-electron chi connectivity index (χ3n) is 2.16. The fourth-order valence-electron chi connectivity index (χ4n) is 1.57. The normalized spacial score (nSPS) is 15.8. The molecule has 0 bridgehead atoms. The maximum atomic E-state index is 5.53. The van der Waals surface area contributed by atoms with Crippen molar-refractivity contribution < 1.29 is 0 Å². The lowest BCUT2D eigenvalue weighted by Crippen LogP contribution is -2.26. The maximum Gasteiger partial charge on any atom is 0.220 e. The van der Waals surface area contributed by atoms with Gasteiger partial charge in [0.15, 0.2) is 0 Å². The van der Waals surface area contributed by atoms with Crippen LogP contribution in [0, 0.1) is 6.92 Å². The molecular weight excluding hydrogens is 152 g/mol. The highest BCUT2D eigenvalue weighted by Gasteiger charge is 2.13. The molecule has 2 heterocycles. The third kappa shape index (κ3) is 1.14. The molecule has 0 amide bonds. The van der Waals surface area contributed by atoms with E-state index in [1.54, 1.807) is 0 Å². The van der Waals surface area contributed by atoms with Crippen LogP contribution in [-0.2, 0) is 13.0 Å². The number of aryl methyl sites for hydroxylation is 1. The molecule has 0 aromatic carbocycles. The molecule has 0 aliphatic carbocycles. The molecule has 12 heavy (non-hydrogen) atoms. The summed E-state index contributed by atoms with van der Waals surface area (Å²) in [5.74, 6) is 0.384. The van der Waals surface area contributed by atoms with Crippen LogP contribution in [0.3, 0.4) is 0 Å². The molecule has 3 N–H and O–H groups in total. The molecule has 0 radical (unpaired) electrons. The first-order chi connectivity index (χ1) is 5.77. The summed E-state index contributed by atoms with van der Waals surface area (Å²) >= 11 is 0. The van der Waals surface area contributed by atoms with Crippen molar-refractivity contribution in [3.05, 3.63) is 17.0 Å². The van der Waals surface area contributed by atoms with Gasteiger partial charge in [-0.05, 0) is 25.5 Å². The average molecular weight is 164 g/mol. The van der Waals surface area contributed by atoms with Crippen molar-refractivity contribution in [1.82, 2.24) is 15.3 Å². The van der Waals surface area contributed by atoms with E-state index in [0.29, 0.717) is 5.95 Å². The van der Waals surface area contributed by atoms with Crippen molar-refractivity contribution in [1.29, 1.82) is 0 Å². The largest absolute Gasteiger partial charge is 0.368 e. The van der Waals surface area contributed by atoms with Crippen LogP contribution >= 0.6 is 0 Å². The summed E-state index contributed by atoms with van der Waals surface area (Å²) in [6.45, 7) is 3.83. The summed E-state index contributed by atoms with van der Waals surface area (Å²) in [5, 5.41) is 3.25. The van der Waals surface area contributed by atoms with E-state index in [4.69, 9.17) is 5.73 Å². The lowest BCUT2D eigenvalue weighted by molar-refractivity contribution is 0.620. The summed E-state index contributed by atoms with van der Waals surface area (Å²) in [5.41, 5.74) is 8.89. The highest BCUT2D eigenvalue weighted by molar-refractivity contribution is 5.32. The van der Waals surface area contributed by atoms with Crippen molar-refractivity contribution in [3.63, 3.8) is 0 Å². The van der Waals surface area contributed by atoms with Crippen LogP contribution < -0.4 is 11.1 Å². The van der Waals surface area contributed by atoms with Crippen molar-refractivity contribution in [2.24, 2.45) is 0 Å². The van der Waals surface area contributed by atoms with Gasteiger partial charge in [0.05, 0.1) is 5.69 Å². The molecule has 4 nitrogen and oxygen atoms in total. The predicted molar refractivity (Wildman–Crippen MR) is 46.6 cm³/mol. The van der Waals surface area contributed by atoms with Gasteiger partial charge in [-0.3, -0.25) is 0 Å². The Hall–Kier alpha value is -1.16. The molecule has 1 aromatic heterocycles. The Morgan fingerprint density at radius 1 is 1.42 bits per heavy atom. The van der Waals surface area contributed by atoms with Gasteiger partial charge < -0.3 is 11.1 Å². The number of anilines is 1. The summed E-state index contributed by atoms with van der Waals surface area (Å²) in [6.07, 6.45) is 1.02. The van der Waals surface area contributed by atoms with E-state index in [-0.39, 0.29) is 0 Å². The molecule has 0 unspecified atom stereocenters. The lowest BCUT2D eigenvalue weighted by atomic mass is 10.1. The molecule has 0 atom stereocenters. The Bertz CT molecular complexity index is 308. The second-order valence-electron chi connectivity index (χ2n) is 3.02. The molecule has 0 saturated heterocycles. The van der Waals surface area contributed by atoms with Crippen LogP contribution in [0.1, 0.15) is 17.0 Å². The van der Waals surface area contributed by atoms with Crippen molar-refractivity contribution in [2.45, 2.75) is 19.9 Å². The van der Waals surface area contributed by atoms with Crippen LogP contribution in [0.4, 0.5) is 5.95 Å². The Kier molecular flexibility index (Phi) is 1.69. The molecule has 64 valence electrons. The zero-order chi connectivity index (χ0) is 8.55. The Morgan fingerprint density at radius 3 is 3.08 bits per heavy atom. The van der Waals surface area contributed by atoms with Gasteiger partial charge in [-0.2, -0.15) is 0 Å². The fourth-order valence-corrected chi connectivity index (χ4v) is 1.57. The van der Waals surface area contributed by atoms with Gasteiger partial charge in [0.1, 0.15) is 0 Å². The number of aromatic nitrogens is 2. The molecule has 0 saturated carbocycles. The number of nitrogens with one attached hydrogen (secondary N) is 1. The number of nitrogens with zero attached hydrogens (tertiary/aromatic N) is 2. The fraction of sp³-hybridized carbons (Fsp3) is 0.500. The number of fused-ring (bicyclic) bond motifs is 1. The van der Waals surface area contributed by atoms with Gasteiger partial charge in [0, 0.05) is 12.2 Å².